The van der Waals surface area contributed by atoms with Crippen molar-refractivity contribution in [2.45, 2.75) is 38.5 Å². The van der Waals surface area contributed by atoms with Gasteiger partial charge in [0.2, 0.25) is 0 Å². The van der Waals surface area contributed by atoms with E-state index >= 15 is 0 Å². The van der Waals surface area contributed by atoms with Gasteiger partial charge >= 0.3 is 15.5 Å². The van der Waals surface area contributed by atoms with Crippen molar-refractivity contribution in [3.63, 3.8) is 0 Å². The summed E-state index contributed by atoms with van der Waals surface area (Å²) in [6.45, 7) is 1.22. The number of carbonyl (C=O) groups is 1. The molecule has 1 aliphatic heterocycles. The first-order valence-corrected chi connectivity index (χ1v) is 13.3. The Morgan fingerprint density at radius 3 is 2.53 bits per heavy atom. The molecular formula is C23H21ClF3N7O3S. The third kappa shape index (κ3) is 4.74. The molecule has 0 spiro atoms. The maximum atomic E-state index is 13.0. The number of aryl methyl sites for hydroxylation is 1. The second-order valence-electron chi connectivity index (χ2n) is 8.57. The number of halogens is 4. The quantitative estimate of drug-likeness (QED) is 0.382. The van der Waals surface area contributed by atoms with Gasteiger partial charge in [-0.1, -0.05) is 42.8 Å². The van der Waals surface area contributed by atoms with E-state index in [2.05, 4.69) is 20.4 Å². The lowest BCUT2D eigenvalue weighted by molar-refractivity contribution is -0.0496. The van der Waals surface area contributed by atoms with Gasteiger partial charge in [-0.25, -0.2) is 23.1 Å². The Bertz CT molecular complexity index is 1630. The van der Waals surface area contributed by atoms with E-state index < -0.39 is 22.1 Å². The molecule has 0 bridgehead atoms. The minimum Gasteiger partial charge on any atom is -0.347 e. The first-order chi connectivity index (χ1) is 18.0. The summed E-state index contributed by atoms with van der Waals surface area (Å²) in [6.07, 6.45) is 2.21. The summed E-state index contributed by atoms with van der Waals surface area (Å²) in [6, 6.07) is 10.4. The fraction of sp³-hybridized carbons (Fsp3) is 0.304. The summed E-state index contributed by atoms with van der Waals surface area (Å²) in [5, 5.41) is 7.67. The average Bonchev–Trinajstić information content (AvgIpc) is 3.47. The molecule has 0 saturated heterocycles. The summed E-state index contributed by atoms with van der Waals surface area (Å²) in [4.78, 5) is 21.7. The Morgan fingerprint density at radius 1 is 1.11 bits per heavy atom. The zero-order chi connectivity index (χ0) is 27.2. The summed E-state index contributed by atoms with van der Waals surface area (Å²) in [5.41, 5.74) is -2.31. The van der Waals surface area contributed by atoms with E-state index in [1.54, 1.807) is 47.0 Å². The van der Waals surface area contributed by atoms with Gasteiger partial charge in [0.25, 0.3) is 5.91 Å². The molecule has 5 rings (SSSR count). The number of hydrogen-bond donors (Lipinski definition) is 1. The van der Waals surface area contributed by atoms with Crippen molar-refractivity contribution in [3.05, 3.63) is 70.4 Å². The number of amides is 1. The van der Waals surface area contributed by atoms with Crippen LogP contribution in [0.3, 0.4) is 0 Å². The Kier molecular flexibility index (Phi) is 6.65. The summed E-state index contributed by atoms with van der Waals surface area (Å²) in [5.74, 6) is 0.0785. The highest BCUT2D eigenvalue weighted by Gasteiger charge is 2.50. The molecule has 1 aromatic carbocycles. The number of aromatic nitrogens is 5. The number of imidazole rings is 1. The number of pyridine rings is 1. The summed E-state index contributed by atoms with van der Waals surface area (Å²) < 4.78 is 65.6. The van der Waals surface area contributed by atoms with Crippen molar-refractivity contribution >= 4 is 33.2 Å². The van der Waals surface area contributed by atoms with E-state index in [0.717, 1.165) is 5.56 Å². The van der Waals surface area contributed by atoms with Crippen LogP contribution in [0, 0.1) is 0 Å². The second kappa shape index (κ2) is 9.67. The van der Waals surface area contributed by atoms with E-state index in [-0.39, 0.29) is 37.2 Å². The smallest absolute Gasteiger partial charge is 0.347 e. The Balaban J connectivity index is 1.28. The standard InChI is InChI=1S/C23H21ClF3N7O3S/c1-2-17-20(33-12-16(24)7-8-18(33)29-17)22(35)28-11-14-3-5-15(6-4-14)21-30-19-13-32(9-10-34(19)31-21)38(36,37)23(25,26)27/h3-8,12H,2,9-11,13H2,1H3,(H,28,35). The molecule has 15 heteroatoms. The molecule has 38 heavy (non-hydrogen) atoms. The van der Waals surface area contributed by atoms with Crippen LogP contribution in [-0.4, -0.2) is 54.8 Å². The first kappa shape index (κ1) is 26.1. The molecule has 4 aromatic rings. The molecule has 1 aliphatic rings. The van der Waals surface area contributed by atoms with Crippen molar-refractivity contribution in [1.29, 1.82) is 0 Å². The van der Waals surface area contributed by atoms with Gasteiger partial charge in [-0.15, -0.1) is 0 Å². The van der Waals surface area contributed by atoms with Crippen LogP contribution in [0.2, 0.25) is 5.02 Å². The van der Waals surface area contributed by atoms with Crippen LogP contribution < -0.4 is 5.32 Å². The Hall–Kier alpha value is -3.49. The molecule has 0 unspecified atom stereocenters. The minimum absolute atomic E-state index is 0.0456. The fourth-order valence-corrected chi connectivity index (χ4v) is 5.24. The number of carbonyl (C=O) groups excluding carboxylic acids is 1. The normalized spacial score (nSPS) is 14.6. The number of benzene rings is 1. The van der Waals surface area contributed by atoms with Crippen molar-refractivity contribution in [2.75, 3.05) is 6.54 Å². The van der Waals surface area contributed by atoms with E-state index in [4.69, 9.17) is 11.6 Å². The molecule has 1 amide bonds. The molecule has 3 aromatic heterocycles. The SMILES string of the molecule is CCc1nc2ccc(Cl)cn2c1C(=O)NCc1ccc(-c2nc3n(n2)CCN(S(=O)(=O)C(F)(F)F)C3)cc1. The number of hydrogen-bond acceptors (Lipinski definition) is 6. The molecule has 4 heterocycles. The van der Waals surface area contributed by atoms with Gasteiger partial charge < -0.3 is 5.32 Å². The zero-order valence-corrected chi connectivity index (χ0v) is 21.5. The van der Waals surface area contributed by atoms with Crippen LogP contribution >= 0.6 is 11.6 Å². The van der Waals surface area contributed by atoms with E-state index in [1.165, 1.54) is 4.68 Å². The van der Waals surface area contributed by atoms with Crippen molar-refractivity contribution < 1.29 is 26.4 Å². The maximum absolute atomic E-state index is 13.0. The first-order valence-electron chi connectivity index (χ1n) is 11.5. The van der Waals surface area contributed by atoms with Gasteiger partial charge in [-0.2, -0.15) is 22.6 Å². The summed E-state index contributed by atoms with van der Waals surface area (Å²) >= 11 is 6.10. The monoisotopic (exact) mass is 567 g/mol. The molecule has 0 fully saturated rings. The van der Waals surface area contributed by atoms with Gasteiger partial charge in [-0.3, -0.25) is 9.20 Å². The van der Waals surface area contributed by atoms with Crippen molar-refractivity contribution in [3.8, 4) is 11.4 Å². The number of fused-ring (bicyclic) bond motifs is 2. The topological polar surface area (TPSA) is 114 Å². The average molecular weight is 568 g/mol. The van der Waals surface area contributed by atoms with Crippen LogP contribution in [0.5, 0.6) is 0 Å². The van der Waals surface area contributed by atoms with Gasteiger partial charge in [0, 0.05) is 24.8 Å². The lowest BCUT2D eigenvalue weighted by Gasteiger charge is -2.26. The van der Waals surface area contributed by atoms with Gasteiger partial charge in [0.05, 0.1) is 23.8 Å². The molecular weight excluding hydrogens is 547 g/mol. The third-order valence-corrected chi connectivity index (χ3v) is 7.93. The van der Waals surface area contributed by atoms with Crippen LogP contribution in [-0.2, 0) is 36.1 Å². The molecule has 0 atom stereocenters. The van der Waals surface area contributed by atoms with E-state index in [0.29, 0.717) is 38.3 Å². The molecule has 0 aliphatic carbocycles. The summed E-state index contributed by atoms with van der Waals surface area (Å²) in [7, 11) is -5.45. The number of alkyl halides is 3. The van der Waals surface area contributed by atoms with E-state index in [1.807, 2.05) is 6.92 Å². The Morgan fingerprint density at radius 2 is 1.84 bits per heavy atom. The highest BCUT2D eigenvalue weighted by atomic mass is 35.5. The minimum atomic E-state index is -5.45. The molecule has 200 valence electrons. The molecule has 0 radical (unpaired) electrons. The van der Waals surface area contributed by atoms with Crippen molar-refractivity contribution in [2.24, 2.45) is 0 Å². The highest BCUT2D eigenvalue weighted by Crippen LogP contribution is 2.29. The predicted octanol–water partition coefficient (Wildman–Crippen LogP) is 3.40. The molecule has 0 saturated carbocycles. The highest BCUT2D eigenvalue weighted by molar-refractivity contribution is 7.89. The third-order valence-electron chi connectivity index (χ3n) is 6.13. The van der Waals surface area contributed by atoms with Gasteiger partial charge in [-0.05, 0) is 24.1 Å². The lowest BCUT2D eigenvalue weighted by atomic mass is 10.1. The molecule has 10 nitrogen and oxygen atoms in total. The Labute approximate surface area is 220 Å². The van der Waals surface area contributed by atoms with Crippen molar-refractivity contribution in [1.82, 2.24) is 33.8 Å². The van der Waals surface area contributed by atoms with Crippen LogP contribution in [0.25, 0.3) is 17.0 Å². The van der Waals surface area contributed by atoms with Gasteiger partial charge in [0.15, 0.2) is 5.82 Å². The maximum Gasteiger partial charge on any atom is 0.511 e. The fourth-order valence-electron chi connectivity index (χ4n) is 4.18. The van der Waals surface area contributed by atoms with E-state index in [9.17, 15) is 26.4 Å². The van der Waals surface area contributed by atoms with Crippen LogP contribution in [0.4, 0.5) is 13.2 Å². The number of sulfonamides is 1. The zero-order valence-electron chi connectivity index (χ0n) is 19.9. The van der Waals surface area contributed by atoms with Gasteiger partial charge in [0.1, 0.15) is 17.2 Å². The number of nitrogens with zero attached hydrogens (tertiary/aromatic N) is 6. The van der Waals surface area contributed by atoms with Crippen LogP contribution in [0.15, 0.2) is 42.6 Å². The lowest BCUT2D eigenvalue weighted by Crippen LogP contribution is -2.44. The molecule has 1 N–H and O–H groups in total. The predicted molar refractivity (Wildman–Crippen MR) is 132 cm³/mol. The number of nitrogens with one attached hydrogen (secondary N) is 1. The number of rotatable bonds is 6. The van der Waals surface area contributed by atoms with Crippen LogP contribution in [0.1, 0.15) is 34.5 Å². The second-order valence-corrected chi connectivity index (χ2v) is 10.9. The largest absolute Gasteiger partial charge is 0.511 e.